The number of aromatic nitrogens is 3. The van der Waals surface area contributed by atoms with Crippen LogP contribution < -0.4 is 5.32 Å². The van der Waals surface area contributed by atoms with Crippen molar-refractivity contribution in [2.75, 3.05) is 5.32 Å². The van der Waals surface area contributed by atoms with Crippen molar-refractivity contribution in [3.05, 3.63) is 41.5 Å². The van der Waals surface area contributed by atoms with Crippen molar-refractivity contribution in [2.24, 2.45) is 0 Å². The smallest absolute Gasteiger partial charge is 0.295 e. The van der Waals surface area contributed by atoms with E-state index in [9.17, 15) is 4.79 Å². The molecule has 0 radical (unpaired) electrons. The van der Waals surface area contributed by atoms with Crippen molar-refractivity contribution >= 4 is 11.6 Å². The van der Waals surface area contributed by atoms with Gasteiger partial charge < -0.3 is 5.32 Å². The molecule has 0 atom stereocenters. The quantitative estimate of drug-likeness (QED) is 0.885. The maximum Gasteiger partial charge on any atom is 0.295 e. The number of amides is 1. The van der Waals surface area contributed by atoms with Crippen molar-refractivity contribution in [3.63, 3.8) is 0 Å². The van der Waals surface area contributed by atoms with E-state index >= 15 is 0 Å². The number of hydrogen-bond acceptors (Lipinski definition) is 3. The van der Waals surface area contributed by atoms with Gasteiger partial charge in [-0.25, -0.2) is 4.98 Å². The predicted octanol–water partition coefficient (Wildman–Crippen LogP) is 2.74. The van der Waals surface area contributed by atoms with Crippen molar-refractivity contribution < 1.29 is 4.79 Å². The van der Waals surface area contributed by atoms with Crippen LogP contribution >= 0.6 is 0 Å². The number of nitrogens with one attached hydrogen (secondary N) is 2. The fourth-order valence-electron chi connectivity index (χ4n) is 1.76. The number of nitrogens with zero attached hydrogens (tertiary/aromatic N) is 2. The van der Waals surface area contributed by atoms with Gasteiger partial charge in [-0.1, -0.05) is 39.0 Å². The summed E-state index contributed by atoms with van der Waals surface area (Å²) in [6.07, 6.45) is 0.863. The highest BCUT2D eigenvalue weighted by molar-refractivity contribution is 6.01. The summed E-state index contributed by atoms with van der Waals surface area (Å²) in [7, 11) is 0. The summed E-state index contributed by atoms with van der Waals surface area (Å²) in [5.74, 6) is 0.824. The van der Waals surface area contributed by atoms with E-state index in [2.05, 4.69) is 27.4 Å². The van der Waals surface area contributed by atoms with Crippen molar-refractivity contribution in [2.45, 2.75) is 33.1 Å². The number of rotatable bonds is 4. The first-order chi connectivity index (χ1) is 9.11. The summed E-state index contributed by atoms with van der Waals surface area (Å²) in [6, 6.07) is 7.73. The van der Waals surface area contributed by atoms with Gasteiger partial charge in [0.05, 0.1) is 0 Å². The molecule has 100 valence electrons. The Morgan fingerprint density at radius 1 is 1.37 bits per heavy atom. The van der Waals surface area contributed by atoms with Gasteiger partial charge in [0.25, 0.3) is 5.91 Å². The van der Waals surface area contributed by atoms with E-state index in [1.54, 1.807) is 0 Å². The predicted molar refractivity (Wildman–Crippen MR) is 74.2 cm³/mol. The maximum atomic E-state index is 12.1. The van der Waals surface area contributed by atoms with Gasteiger partial charge in [-0.2, -0.15) is 0 Å². The second-order valence-electron chi connectivity index (χ2n) is 4.66. The highest BCUT2D eigenvalue weighted by atomic mass is 16.2. The van der Waals surface area contributed by atoms with Gasteiger partial charge in [-0.15, -0.1) is 5.10 Å². The minimum Gasteiger partial charge on any atom is -0.319 e. The number of carbonyl (C=O) groups excluding carboxylic acids is 1. The molecule has 0 bridgehead atoms. The molecule has 19 heavy (non-hydrogen) atoms. The van der Waals surface area contributed by atoms with Gasteiger partial charge in [0.15, 0.2) is 0 Å². The van der Waals surface area contributed by atoms with Crippen LogP contribution in [0.2, 0.25) is 0 Å². The minimum absolute atomic E-state index is 0.176. The van der Waals surface area contributed by atoms with Crippen molar-refractivity contribution in [1.29, 1.82) is 0 Å². The SMILES string of the molecule is CCc1ccccc1NC(=O)c1n[nH]c(C(C)C)n1. The molecule has 1 amide bonds. The molecule has 2 N–H and O–H groups in total. The topological polar surface area (TPSA) is 70.7 Å². The van der Waals surface area contributed by atoms with E-state index < -0.39 is 0 Å². The Morgan fingerprint density at radius 3 is 2.74 bits per heavy atom. The van der Waals surface area contributed by atoms with Crippen LogP contribution in [0.1, 0.15) is 48.7 Å². The van der Waals surface area contributed by atoms with Crippen LogP contribution in [0, 0.1) is 0 Å². The zero-order valence-corrected chi connectivity index (χ0v) is 11.4. The van der Waals surface area contributed by atoms with Gasteiger partial charge in [-0.05, 0) is 18.1 Å². The molecule has 0 fully saturated rings. The molecule has 0 spiro atoms. The summed E-state index contributed by atoms with van der Waals surface area (Å²) in [5, 5.41) is 9.57. The van der Waals surface area contributed by atoms with E-state index in [0.717, 1.165) is 17.7 Å². The average Bonchev–Trinajstić information content (AvgIpc) is 2.89. The van der Waals surface area contributed by atoms with Crippen LogP contribution in [0.5, 0.6) is 0 Å². The molecule has 2 aromatic rings. The lowest BCUT2D eigenvalue weighted by Gasteiger charge is -2.07. The third-order valence-corrected chi connectivity index (χ3v) is 2.90. The molecule has 0 saturated heterocycles. The zero-order chi connectivity index (χ0) is 13.8. The molecule has 1 aromatic heterocycles. The van der Waals surface area contributed by atoms with E-state index in [1.807, 2.05) is 38.1 Å². The summed E-state index contributed by atoms with van der Waals surface area (Å²) >= 11 is 0. The Labute approximate surface area is 112 Å². The molecule has 0 aliphatic carbocycles. The Bertz CT molecular complexity index is 574. The molecule has 0 aliphatic rings. The second kappa shape index (κ2) is 5.65. The number of aryl methyl sites for hydroxylation is 1. The number of para-hydroxylation sites is 1. The Hall–Kier alpha value is -2.17. The van der Waals surface area contributed by atoms with Crippen LogP contribution in [0.3, 0.4) is 0 Å². The third-order valence-electron chi connectivity index (χ3n) is 2.90. The normalized spacial score (nSPS) is 10.7. The van der Waals surface area contributed by atoms with E-state index in [1.165, 1.54) is 0 Å². The first kappa shape index (κ1) is 13.3. The summed E-state index contributed by atoms with van der Waals surface area (Å²) in [6.45, 7) is 6.04. The number of aromatic amines is 1. The molecule has 0 aliphatic heterocycles. The lowest BCUT2D eigenvalue weighted by Crippen LogP contribution is -2.15. The van der Waals surface area contributed by atoms with Gasteiger partial charge >= 0.3 is 0 Å². The Morgan fingerprint density at radius 2 is 2.11 bits per heavy atom. The van der Waals surface area contributed by atoms with Crippen LogP contribution in [0.15, 0.2) is 24.3 Å². The first-order valence-corrected chi connectivity index (χ1v) is 6.43. The number of H-pyrrole nitrogens is 1. The summed E-state index contributed by atoms with van der Waals surface area (Å²) in [4.78, 5) is 16.2. The zero-order valence-electron chi connectivity index (χ0n) is 11.4. The molecule has 5 heteroatoms. The Balaban J connectivity index is 2.16. The highest BCUT2D eigenvalue weighted by Crippen LogP contribution is 2.16. The van der Waals surface area contributed by atoms with Crippen LogP contribution in [-0.4, -0.2) is 21.1 Å². The number of anilines is 1. The molecule has 2 rings (SSSR count). The molecule has 1 heterocycles. The highest BCUT2D eigenvalue weighted by Gasteiger charge is 2.15. The van der Waals surface area contributed by atoms with E-state index in [4.69, 9.17) is 0 Å². The van der Waals surface area contributed by atoms with Crippen LogP contribution in [0.4, 0.5) is 5.69 Å². The van der Waals surface area contributed by atoms with Gasteiger partial charge in [0.1, 0.15) is 5.82 Å². The van der Waals surface area contributed by atoms with Gasteiger partial charge in [0.2, 0.25) is 5.82 Å². The second-order valence-corrected chi connectivity index (χ2v) is 4.66. The fourth-order valence-corrected chi connectivity index (χ4v) is 1.76. The number of hydrogen-bond donors (Lipinski definition) is 2. The summed E-state index contributed by atoms with van der Waals surface area (Å²) < 4.78 is 0. The lowest BCUT2D eigenvalue weighted by atomic mass is 10.1. The molecule has 0 unspecified atom stereocenters. The van der Waals surface area contributed by atoms with Crippen LogP contribution in [0.25, 0.3) is 0 Å². The average molecular weight is 258 g/mol. The molecule has 5 nitrogen and oxygen atoms in total. The minimum atomic E-state index is -0.288. The monoisotopic (exact) mass is 258 g/mol. The largest absolute Gasteiger partial charge is 0.319 e. The molecule has 0 saturated carbocycles. The summed E-state index contributed by atoms with van der Waals surface area (Å²) in [5.41, 5.74) is 1.90. The van der Waals surface area contributed by atoms with Crippen molar-refractivity contribution in [1.82, 2.24) is 15.2 Å². The standard InChI is InChI=1S/C14H18N4O/c1-4-10-7-5-6-8-11(10)15-14(19)13-16-12(9(2)3)17-18-13/h5-9H,4H2,1-3H3,(H,15,19)(H,16,17,18). The molecular weight excluding hydrogens is 240 g/mol. The number of benzene rings is 1. The van der Waals surface area contributed by atoms with E-state index in [0.29, 0.717) is 5.82 Å². The fraction of sp³-hybridized carbons (Fsp3) is 0.357. The lowest BCUT2D eigenvalue weighted by molar-refractivity contribution is 0.101. The molecular formula is C14H18N4O. The maximum absolute atomic E-state index is 12.1. The van der Waals surface area contributed by atoms with Gasteiger partial charge in [0, 0.05) is 11.6 Å². The first-order valence-electron chi connectivity index (χ1n) is 6.43. The van der Waals surface area contributed by atoms with Crippen LogP contribution in [-0.2, 0) is 6.42 Å². The molecule has 1 aromatic carbocycles. The van der Waals surface area contributed by atoms with Gasteiger partial charge in [-0.3, -0.25) is 9.89 Å². The third kappa shape index (κ3) is 2.99. The van der Waals surface area contributed by atoms with E-state index in [-0.39, 0.29) is 17.6 Å². The van der Waals surface area contributed by atoms with Crippen molar-refractivity contribution in [3.8, 4) is 0 Å². The Kier molecular flexibility index (Phi) is 3.94. The number of carbonyl (C=O) groups is 1.